The van der Waals surface area contributed by atoms with Gasteiger partial charge in [-0.3, -0.25) is 4.79 Å². The highest BCUT2D eigenvalue weighted by molar-refractivity contribution is 9.10. The molecule has 1 N–H and O–H groups in total. The van der Waals surface area contributed by atoms with Crippen molar-refractivity contribution in [2.45, 2.75) is 39.0 Å². The van der Waals surface area contributed by atoms with Crippen LogP contribution in [0.3, 0.4) is 0 Å². The topological polar surface area (TPSA) is 58.6 Å². The summed E-state index contributed by atoms with van der Waals surface area (Å²) in [6.07, 6.45) is 0.547. The van der Waals surface area contributed by atoms with Crippen LogP contribution in [0.1, 0.15) is 60.4 Å². The molecule has 0 saturated carbocycles. The average molecular weight is 529 g/mol. The minimum absolute atomic E-state index is 0.115. The molecule has 35 heavy (non-hydrogen) atoms. The Hall–Kier alpha value is -3.38. The number of carbonyl (C=O) groups excluding carboxylic acids is 2. The van der Waals surface area contributed by atoms with Crippen LogP contribution in [0.2, 0.25) is 0 Å². The summed E-state index contributed by atoms with van der Waals surface area (Å²) in [6, 6.07) is 23.1. The molecule has 3 aliphatic rings. The molecule has 176 valence electrons. The number of ether oxygens (including phenoxy) is 1. The second kappa shape index (κ2) is 8.09. The van der Waals surface area contributed by atoms with Gasteiger partial charge in [-0.15, -0.1) is 0 Å². The Balaban J connectivity index is 1.65. The first-order valence-electron chi connectivity index (χ1n) is 11.8. The number of anilines is 2. The molecule has 2 heterocycles. The van der Waals surface area contributed by atoms with Crippen LogP contribution in [0.15, 0.2) is 88.5 Å². The lowest BCUT2D eigenvalue weighted by molar-refractivity contribution is -0.118. The molecule has 2 aliphatic heterocycles. The Morgan fingerprint density at radius 3 is 2.57 bits per heavy atom. The van der Waals surface area contributed by atoms with Crippen molar-refractivity contribution >= 4 is 39.1 Å². The molecule has 0 unspecified atom stereocenters. The van der Waals surface area contributed by atoms with E-state index in [1.165, 1.54) is 0 Å². The van der Waals surface area contributed by atoms with Gasteiger partial charge >= 0.3 is 5.97 Å². The van der Waals surface area contributed by atoms with Gasteiger partial charge in [0.05, 0.1) is 23.0 Å². The van der Waals surface area contributed by atoms with Crippen LogP contribution >= 0.6 is 15.9 Å². The van der Waals surface area contributed by atoms with Crippen molar-refractivity contribution in [2.75, 3.05) is 10.2 Å². The summed E-state index contributed by atoms with van der Waals surface area (Å²) in [5.41, 5.74) is 5.61. The molecule has 0 spiro atoms. The molecular weight excluding hydrogens is 504 g/mol. The number of benzene rings is 3. The first-order valence-corrected chi connectivity index (χ1v) is 12.6. The van der Waals surface area contributed by atoms with E-state index in [2.05, 4.69) is 40.0 Å². The third-order valence-corrected chi connectivity index (χ3v) is 7.52. The van der Waals surface area contributed by atoms with Gasteiger partial charge in [0.2, 0.25) is 6.23 Å². The third kappa shape index (κ3) is 3.67. The number of cyclic esters (lactones) is 1. The second-order valence-corrected chi connectivity index (χ2v) is 11.1. The van der Waals surface area contributed by atoms with Crippen molar-refractivity contribution in [1.82, 2.24) is 0 Å². The number of para-hydroxylation sites is 2. The summed E-state index contributed by atoms with van der Waals surface area (Å²) in [7, 11) is 0. The molecular formula is C29H25BrN2O3. The minimum Gasteiger partial charge on any atom is -0.433 e. The predicted molar refractivity (Wildman–Crippen MR) is 139 cm³/mol. The zero-order valence-electron chi connectivity index (χ0n) is 19.5. The van der Waals surface area contributed by atoms with Gasteiger partial charge in [0.1, 0.15) is 0 Å². The zero-order valence-corrected chi connectivity index (χ0v) is 21.1. The van der Waals surface area contributed by atoms with E-state index in [0.717, 1.165) is 44.7 Å². The molecule has 0 amide bonds. The maximum absolute atomic E-state index is 13.8. The summed E-state index contributed by atoms with van der Waals surface area (Å²) in [5.74, 6) is -0.234. The van der Waals surface area contributed by atoms with Crippen LogP contribution in [0.25, 0.3) is 0 Å². The van der Waals surface area contributed by atoms with Gasteiger partial charge in [0.25, 0.3) is 0 Å². The highest BCUT2D eigenvalue weighted by atomic mass is 79.9. The lowest BCUT2D eigenvalue weighted by Gasteiger charge is -2.40. The van der Waals surface area contributed by atoms with Gasteiger partial charge in [-0.2, -0.15) is 0 Å². The number of ketones is 1. The standard InChI is InChI=1S/C29H25BrN2O3/c1-29(2)15-22-25(24(33)16-29)26(17-8-7-9-18(30)14-17)32(23-13-6-5-12-21(23)31-22)27-19-10-3-4-11-20(19)28(34)35-27/h3-14,26-27,31H,15-16H2,1-2H3/t26-,27+/m0/s1. The molecule has 0 bridgehead atoms. The van der Waals surface area contributed by atoms with Crippen molar-refractivity contribution in [3.8, 4) is 0 Å². The van der Waals surface area contributed by atoms with E-state index in [1.54, 1.807) is 6.07 Å². The summed E-state index contributed by atoms with van der Waals surface area (Å²) in [4.78, 5) is 28.8. The highest BCUT2D eigenvalue weighted by Crippen LogP contribution is 2.52. The van der Waals surface area contributed by atoms with Crippen molar-refractivity contribution in [2.24, 2.45) is 5.41 Å². The van der Waals surface area contributed by atoms with Crippen molar-refractivity contribution in [3.05, 3.63) is 105 Å². The van der Waals surface area contributed by atoms with Crippen LogP contribution in [0, 0.1) is 5.41 Å². The lowest BCUT2D eigenvalue weighted by atomic mass is 9.73. The number of halogens is 1. The van der Waals surface area contributed by atoms with Crippen molar-refractivity contribution in [1.29, 1.82) is 0 Å². The number of Topliss-reactive ketones (excluding diaryl/α,β-unsaturated/α-hetero) is 1. The summed E-state index contributed by atoms with van der Waals surface area (Å²) in [5, 5.41) is 3.62. The van der Waals surface area contributed by atoms with Gasteiger partial charge in [-0.1, -0.05) is 72.2 Å². The maximum Gasteiger partial charge on any atom is 0.340 e. The number of nitrogens with one attached hydrogen (secondary N) is 1. The van der Waals surface area contributed by atoms with Crippen LogP contribution in [0.4, 0.5) is 11.4 Å². The van der Waals surface area contributed by atoms with Crippen LogP contribution in [-0.4, -0.2) is 11.8 Å². The van der Waals surface area contributed by atoms with E-state index in [4.69, 9.17) is 4.74 Å². The maximum atomic E-state index is 13.8. The number of rotatable bonds is 2. The summed E-state index contributed by atoms with van der Waals surface area (Å²) < 4.78 is 6.96. The molecule has 0 aromatic heterocycles. The first-order chi connectivity index (χ1) is 16.8. The molecule has 6 rings (SSSR count). The monoisotopic (exact) mass is 528 g/mol. The SMILES string of the molecule is CC1(C)CC(=O)C2=C(C1)Nc1ccccc1N([C@@H]1OC(=O)c3ccccc31)[C@H]2c1cccc(Br)c1. The fourth-order valence-corrected chi connectivity index (χ4v) is 6.02. The van der Waals surface area contributed by atoms with E-state index in [-0.39, 0.29) is 17.2 Å². The Kier molecular flexibility index (Phi) is 5.11. The summed E-state index contributed by atoms with van der Waals surface area (Å²) in [6.45, 7) is 4.27. The van der Waals surface area contributed by atoms with Crippen LogP contribution in [0.5, 0.6) is 0 Å². The van der Waals surface area contributed by atoms with E-state index < -0.39 is 12.3 Å². The number of fused-ring (bicyclic) bond motifs is 2. The summed E-state index contributed by atoms with van der Waals surface area (Å²) >= 11 is 3.62. The van der Waals surface area contributed by atoms with Gasteiger partial charge in [-0.25, -0.2) is 4.79 Å². The Bertz CT molecular complexity index is 1410. The Morgan fingerprint density at radius 2 is 1.74 bits per heavy atom. The van der Waals surface area contributed by atoms with Crippen molar-refractivity contribution < 1.29 is 14.3 Å². The minimum atomic E-state index is -0.666. The van der Waals surface area contributed by atoms with Crippen LogP contribution < -0.4 is 10.2 Å². The molecule has 0 fully saturated rings. The number of esters is 1. The Labute approximate surface area is 212 Å². The molecule has 6 heteroatoms. The molecule has 3 aromatic carbocycles. The molecule has 5 nitrogen and oxygen atoms in total. The number of carbonyl (C=O) groups is 2. The second-order valence-electron chi connectivity index (χ2n) is 10.2. The van der Waals surface area contributed by atoms with E-state index >= 15 is 0 Å². The predicted octanol–water partition coefficient (Wildman–Crippen LogP) is 6.93. The van der Waals surface area contributed by atoms with Crippen molar-refractivity contribution in [3.63, 3.8) is 0 Å². The smallest absolute Gasteiger partial charge is 0.340 e. The average Bonchev–Trinajstić information content (AvgIpc) is 3.06. The largest absolute Gasteiger partial charge is 0.433 e. The normalized spacial score (nSPS) is 22.5. The third-order valence-electron chi connectivity index (χ3n) is 7.02. The molecule has 0 radical (unpaired) electrons. The first kappa shape index (κ1) is 22.1. The number of allylic oxidation sites excluding steroid dienone is 1. The van der Waals surface area contributed by atoms with Crippen LogP contribution in [-0.2, 0) is 9.53 Å². The van der Waals surface area contributed by atoms with Gasteiger partial charge < -0.3 is 15.0 Å². The Morgan fingerprint density at radius 1 is 0.971 bits per heavy atom. The number of hydrogen-bond acceptors (Lipinski definition) is 5. The fourth-order valence-electron chi connectivity index (χ4n) is 5.61. The quantitative estimate of drug-likeness (QED) is 0.365. The highest BCUT2D eigenvalue weighted by Gasteiger charge is 2.46. The number of nitrogens with zero attached hydrogens (tertiary/aromatic N) is 1. The molecule has 1 aliphatic carbocycles. The molecule has 2 atom stereocenters. The fraction of sp³-hybridized carbons (Fsp3) is 0.241. The molecule has 0 saturated heterocycles. The molecule has 3 aromatic rings. The van der Waals surface area contributed by atoms with Gasteiger partial charge in [0.15, 0.2) is 5.78 Å². The lowest BCUT2D eigenvalue weighted by Crippen LogP contribution is -2.38. The van der Waals surface area contributed by atoms with E-state index in [9.17, 15) is 9.59 Å². The van der Waals surface area contributed by atoms with Gasteiger partial charge in [-0.05, 0) is 47.7 Å². The number of hydrogen-bond donors (Lipinski definition) is 1. The van der Waals surface area contributed by atoms with E-state index in [0.29, 0.717) is 12.0 Å². The van der Waals surface area contributed by atoms with Gasteiger partial charge in [0, 0.05) is 27.7 Å². The zero-order chi connectivity index (χ0) is 24.3. The van der Waals surface area contributed by atoms with E-state index in [1.807, 2.05) is 66.7 Å².